The lowest BCUT2D eigenvalue weighted by molar-refractivity contribution is -0.304. The van der Waals surface area contributed by atoms with E-state index in [9.17, 15) is 30.6 Å². The van der Waals surface area contributed by atoms with Crippen LogP contribution in [0.4, 0.5) is 0 Å². The molecule has 0 aromatic heterocycles. The van der Waals surface area contributed by atoms with Crippen LogP contribution in [0.25, 0.3) is 0 Å². The number of hydrogen-bond donors (Lipinski definition) is 6. The molecule has 2 aromatic carbocycles. The van der Waals surface area contributed by atoms with E-state index in [1.807, 2.05) is 0 Å². The molecule has 2 aromatic rings. The number of phenolic OH excluding ortho intramolecular Hbond substituents is 2. The Morgan fingerprint density at radius 3 is 2.15 bits per heavy atom. The van der Waals surface area contributed by atoms with Crippen molar-refractivity contribution >= 4 is 0 Å². The highest BCUT2D eigenvalue weighted by Gasteiger charge is 2.46. The summed E-state index contributed by atoms with van der Waals surface area (Å²) in [7, 11) is 4.32. The van der Waals surface area contributed by atoms with Crippen molar-refractivity contribution in [2.75, 3.05) is 41.2 Å². The van der Waals surface area contributed by atoms with Crippen LogP contribution in [0.15, 0.2) is 30.3 Å². The molecule has 2 saturated heterocycles. The van der Waals surface area contributed by atoms with Crippen molar-refractivity contribution < 1.29 is 59.1 Å². The van der Waals surface area contributed by atoms with E-state index in [0.29, 0.717) is 24.3 Å². The van der Waals surface area contributed by atoms with Gasteiger partial charge >= 0.3 is 0 Å². The van der Waals surface area contributed by atoms with Crippen molar-refractivity contribution in [3.8, 4) is 28.7 Å². The first-order chi connectivity index (χ1) is 18.7. The number of rotatable bonds is 10. The Hall–Kier alpha value is -2.84. The lowest BCUT2D eigenvalue weighted by atomic mass is 9.84. The van der Waals surface area contributed by atoms with Crippen LogP contribution in [0.2, 0.25) is 0 Å². The summed E-state index contributed by atoms with van der Waals surface area (Å²) < 4.78 is 33.6. The van der Waals surface area contributed by atoms with Gasteiger partial charge in [0.1, 0.15) is 24.4 Å². The maximum atomic E-state index is 10.5. The fourth-order valence-corrected chi connectivity index (χ4v) is 5.14. The Morgan fingerprint density at radius 1 is 0.872 bits per heavy atom. The molecule has 6 N–H and O–H groups in total. The van der Waals surface area contributed by atoms with Crippen molar-refractivity contribution in [1.29, 1.82) is 0 Å². The van der Waals surface area contributed by atoms with E-state index in [-0.39, 0.29) is 41.4 Å². The van der Waals surface area contributed by atoms with E-state index in [4.69, 9.17) is 28.4 Å². The van der Waals surface area contributed by atoms with Crippen molar-refractivity contribution in [3.63, 3.8) is 0 Å². The Morgan fingerprint density at radius 2 is 1.54 bits per heavy atom. The van der Waals surface area contributed by atoms with Gasteiger partial charge in [0.15, 0.2) is 29.3 Å². The van der Waals surface area contributed by atoms with Gasteiger partial charge < -0.3 is 59.1 Å². The van der Waals surface area contributed by atoms with Gasteiger partial charge in [-0.2, -0.15) is 0 Å². The van der Waals surface area contributed by atoms with Gasteiger partial charge in [0.25, 0.3) is 0 Å². The molecule has 216 valence electrons. The molecule has 2 heterocycles. The largest absolute Gasteiger partial charge is 0.504 e. The summed E-state index contributed by atoms with van der Waals surface area (Å²) in [6.45, 7) is -0.223. The van der Waals surface area contributed by atoms with Crippen LogP contribution in [-0.2, 0) is 20.6 Å². The maximum Gasteiger partial charge on any atom is 0.200 e. The second kappa shape index (κ2) is 12.6. The molecular weight excluding hydrogens is 516 g/mol. The first-order valence-corrected chi connectivity index (χ1v) is 12.6. The summed E-state index contributed by atoms with van der Waals surface area (Å²) >= 11 is 0. The molecule has 2 fully saturated rings. The van der Waals surface area contributed by atoms with Crippen LogP contribution >= 0.6 is 0 Å². The van der Waals surface area contributed by atoms with Gasteiger partial charge in [0.2, 0.25) is 5.75 Å². The zero-order valence-corrected chi connectivity index (χ0v) is 22.0. The van der Waals surface area contributed by atoms with Crippen LogP contribution in [0.5, 0.6) is 28.7 Å². The number of hydrogen-bond acceptors (Lipinski definition) is 12. The highest BCUT2D eigenvalue weighted by molar-refractivity contribution is 5.53. The van der Waals surface area contributed by atoms with Crippen molar-refractivity contribution in [2.45, 2.75) is 43.2 Å². The Bertz CT molecular complexity index is 1080. The van der Waals surface area contributed by atoms with Gasteiger partial charge in [-0.25, -0.2) is 0 Å². The van der Waals surface area contributed by atoms with E-state index in [0.717, 1.165) is 5.56 Å². The Labute approximate surface area is 225 Å². The quantitative estimate of drug-likeness (QED) is 0.241. The SMILES string of the molecule is COc1cc(CC2COC(c3cc(OC)c(O)c(OC)c3)C2COC2OC(CO)C(O)C(O)C2O)ccc1O. The molecule has 12 nitrogen and oxygen atoms in total. The third-order valence-electron chi connectivity index (χ3n) is 7.36. The summed E-state index contributed by atoms with van der Waals surface area (Å²) in [6.07, 6.45) is -7.03. The molecule has 0 spiro atoms. The monoisotopic (exact) mass is 552 g/mol. The number of benzene rings is 2. The lowest BCUT2D eigenvalue weighted by Crippen LogP contribution is -2.59. The summed E-state index contributed by atoms with van der Waals surface area (Å²) in [4.78, 5) is 0. The van der Waals surface area contributed by atoms with Crippen molar-refractivity contribution in [2.24, 2.45) is 11.8 Å². The molecule has 0 saturated carbocycles. The van der Waals surface area contributed by atoms with E-state index < -0.39 is 43.4 Å². The molecule has 0 radical (unpaired) electrons. The fourth-order valence-electron chi connectivity index (χ4n) is 5.14. The van der Waals surface area contributed by atoms with Crippen LogP contribution in [0, 0.1) is 11.8 Å². The number of aromatic hydroxyl groups is 2. The molecular formula is C27H36O12. The van der Waals surface area contributed by atoms with E-state index in [2.05, 4.69) is 0 Å². The molecule has 2 aliphatic heterocycles. The van der Waals surface area contributed by atoms with Gasteiger partial charge in [0.05, 0.1) is 47.3 Å². The minimum atomic E-state index is -1.57. The smallest absolute Gasteiger partial charge is 0.200 e. The predicted octanol–water partition coefficient (Wildman–Crippen LogP) is 0.486. The third-order valence-corrected chi connectivity index (χ3v) is 7.36. The van der Waals surface area contributed by atoms with Crippen LogP contribution in [-0.4, -0.2) is 102 Å². The average molecular weight is 553 g/mol. The van der Waals surface area contributed by atoms with Crippen LogP contribution in [0.3, 0.4) is 0 Å². The van der Waals surface area contributed by atoms with Crippen LogP contribution < -0.4 is 14.2 Å². The summed E-state index contributed by atoms with van der Waals surface area (Å²) in [6, 6.07) is 8.37. The molecule has 0 bridgehead atoms. The first-order valence-electron chi connectivity index (χ1n) is 12.6. The standard InChI is InChI=1S/C27H36O12/c1-34-18-7-13(4-5-17(18)29)6-15-11-37-26(14-8-19(35-2)22(30)20(9-14)36-3)16(15)12-38-27-25(33)24(32)23(31)21(10-28)39-27/h4-5,7-9,15-16,21,23-33H,6,10-12H2,1-3H3. The number of methoxy groups -OCH3 is 3. The summed E-state index contributed by atoms with van der Waals surface area (Å²) in [5.74, 6) is 0.180. The second-order valence-corrected chi connectivity index (χ2v) is 9.69. The van der Waals surface area contributed by atoms with E-state index in [1.165, 1.54) is 21.3 Å². The minimum Gasteiger partial charge on any atom is -0.504 e. The van der Waals surface area contributed by atoms with Crippen molar-refractivity contribution in [1.82, 2.24) is 0 Å². The minimum absolute atomic E-state index is 0.0126. The third kappa shape index (κ3) is 6.02. The zero-order valence-electron chi connectivity index (χ0n) is 22.0. The molecule has 2 aliphatic rings. The van der Waals surface area contributed by atoms with Gasteiger partial charge in [-0.3, -0.25) is 0 Å². The molecule has 4 rings (SSSR count). The first kappa shape index (κ1) is 29.2. The molecule has 8 atom stereocenters. The highest BCUT2D eigenvalue weighted by atomic mass is 16.7. The van der Waals surface area contributed by atoms with Crippen molar-refractivity contribution in [3.05, 3.63) is 41.5 Å². The molecule has 8 unspecified atom stereocenters. The summed E-state index contributed by atoms with van der Waals surface area (Å²) in [5.41, 5.74) is 1.55. The zero-order chi connectivity index (χ0) is 28.3. The van der Waals surface area contributed by atoms with Gasteiger partial charge in [-0.1, -0.05) is 6.07 Å². The normalized spacial score (nSPS) is 30.7. The molecule has 12 heteroatoms. The lowest BCUT2D eigenvalue weighted by Gasteiger charge is -2.40. The van der Waals surface area contributed by atoms with Gasteiger partial charge in [-0.05, 0) is 47.7 Å². The number of phenols is 2. The Balaban J connectivity index is 1.62. The fraction of sp³-hybridized carbons (Fsp3) is 0.556. The Kier molecular flexibility index (Phi) is 9.39. The summed E-state index contributed by atoms with van der Waals surface area (Å²) in [5, 5.41) is 60.6. The topological polar surface area (TPSA) is 177 Å². The van der Waals surface area contributed by atoms with E-state index in [1.54, 1.807) is 30.3 Å². The molecule has 0 amide bonds. The predicted molar refractivity (Wildman–Crippen MR) is 135 cm³/mol. The van der Waals surface area contributed by atoms with E-state index >= 15 is 0 Å². The number of aliphatic hydroxyl groups is 4. The number of ether oxygens (including phenoxy) is 6. The highest BCUT2D eigenvalue weighted by Crippen LogP contribution is 2.46. The molecule has 0 aliphatic carbocycles. The second-order valence-electron chi connectivity index (χ2n) is 9.69. The number of aliphatic hydroxyl groups excluding tert-OH is 4. The van der Waals surface area contributed by atoms with Gasteiger partial charge in [0, 0.05) is 5.92 Å². The van der Waals surface area contributed by atoms with Gasteiger partial charge in [-0.15, -0.1) is 0 Å². The molecule has 39 heavy (non-hydrogen) atoms. The van der Waals surface area contributed by atoms with Crippen LogP contribution in [0.1, 0.15) is 17.2 Å². The maximum absolute atomic E-state index is 10.5. The average Bonchev–Trinajstić information content (AvgIpc) is 3.34.